The fourth-order valence-electron chi connectivity index (χ4n) is 1.58. The lowest BCUT2D eigenvalue weighted by Gasteiger charge is -2.12. The highest BCUT2D eigenvalue weighted by Crippen LogP contribution is 2.33. The average molecular weight is 292 g/mol. The quantitative estimate of drug-likeness (QED) is 0.475. The van der Waals surface area contributed by atoms with Crippen LogP contribution in [0.15, 0.2) is 18.2 Å². The molecular weight excluding hydrogens is 280 g/mol. The third-order valence-electron chi connectivity index (χ3n) is 2.45. The van der Waals surface area contributed by atoms with Crippen molar-refractivity contribution in [2.24, 2.45) is 0 Å². The van der Waals surface area contributed by atoms with Crippen molar-refractivity contribution in [1.29, 1.82) is 0 Å². The molecule has 1 rings (SSSR count). The molecule has 7 heteroatoms. The Labute approximate surface area is 112 Å². The Morgan fingerprint density at radius 2 is 1.85 bits per heavy atom. The molecule has 0 saturated carbocycles. The maximum atomic E-state index is 12.9. The van der Waals surface area contributed by atoms with Gasteiger partial charge in [0.05, 0.1) is 18.6 Å². The van der Waals surface area contributed by atoms with Crippen LogP contribution >= 0.6 is 0 Å². The summed E-state index contributed by atoms with van der Waals surface area (Å²) in [4.78, 5) is 22.8. The van der Waals surface area contributed by atoms with Crippen LogP contribution in [0.5, 0.6) is 0 Å². The van der Waals surface area contributed by atoms with E-state index >= 15 is 0 Å². The highest BCUT2D eigenvalue weighted by atomic mass is 19.4. The maximum Gasteiger partial charge on any atom is 0.417 e. The minimum absolute atomic E-state index is 0.122. The van der Waals surface area contributed by atoms with Crippen molar-refractivity contribution in [3.05, 3.63) is 35.1 Å². The second kappa shape index (κ2) is 6.49. The maximum absolute atomic E-state index is 12.9. The molecule has 0 bridgehead atoms. The number of halogens is 4. The first-order chi connectivity index (χ1) is 9.25. The Bertz CT molecular complexity index is 509. The summed E-state index contributed by atoms with van der Waals surface area (Å²) >= 11 is 0. The van der Waals surface area contributed by atoms with Gasteiger partial charge in [-0.15, -0.1) is 0 Å². The number of hydrogen-bond acceptors (Lipinski definition) is 3. The van der Waals surface area contributed by atoms with E-state index in [1.807, 2.05) is 0 Å². The number of rotatable bonds is 5. The number of esters is 1. The van der Waals surface area contributed by atoms with Crippen LogP contribution in [0.3, 0.4) is 0 Å². The van der Waals surface area contributed by atoms with Gasteiger partial charge >= 0.3 is 12.1 Å². The molecule has 110 valence electrons. The van der Waals surface area contributed by atoms with Crippen LogP contribution in [-0.4, -0.2) is 18.4 Å². The van der Waals surface area contributed by atoms with Gasteiger partial charge in [0, 0.05) is 12.0 Å². The molecule has 0 radical (unpaired) electrons. The van der Waals surface area contributed by atoms with E-state index in [1.54, 1.807) is 6.92 Å². The fourth-order valence-corrected chi connectivity index (χ4v) is 1.58. The van der Waals surface area contributed by atoms with Gasteiger partial charge in [-0.3, -0.25) is 9.59 Å². The molecule has 3 nitrogen and oxygen atoms in total. The van der Waals surface area contributed by atoms with E-state index < -0.39 is 41.3 Å². The van der Waals surface area contributed by atoms with Crippen LogP contribution in [-0.2, 0) is 15.7 Å². The lowest BCUT2D eigenvalue weighted by atomic mass is 10.00. The Kier molecular flexibility index (Phi) is 5.24. The summed E-state index contributed by atoms with van der Waals surface area (Å²) in [6.07, 6.45) is -5.58. The molecule has 0 saturated heterocycles. The first kappa shape index (κ1) is 16.1. The number of carbonyl (C=O) groups is 2. The number of ketones is 1. The molecule has 0 aliphatic carbocycles. The molecule has 0 fully saturated rings. The topological polar surface area (TPSA) is 43.4 Å². The van der Waals surface area contributed by atoms with Crippen LogP contribution in [0.25, 0.3) is 0 Å². The van der Waals surface area contributed by atoms with Gasteiger partial charge < -0.3 is 4.74 Å². The van der Waals surface area contributed by atoms with Crippen molar-refractivity contribution in [2.75, 3.05) is 6.61 Å². The second-order valence-electron chi connectivity index (χ2n) is 3.92. The van der Waals surface area contributed by atoms with Gasteiger partial charge in [0.1, 0.15) is 5.82 Å². The standard InChI is InChI=1S/C13H12F4O3/c1-2-20-12(19)6-5-11(18)9-4-3-8(14)7-10(9)13(15,16)17/h3-4,7H,2,5-6H2,1H3. The van der Waals surface area contributed by atoms with Crippen molar-refractivity contribution in [3.8, 4) is 0 Å². The van der Waals surface area contributed by atoms with Gasteiger partial charge in [-0.25, -0.2) is 4.39 Å². The SMILES string of the molecule is CCOC(=O)CCC(=O)c1ccc(F)cc1C(F)(F)F. The summed E-state index contributed by atoms with van der Waals surface area (Å²) in [7, 11) is 0. The zero-order chi connectivity index (χ0) is 15.3. The van der Waals surface area contributed by atoms with E-state index in [2.05, 4.69) is 4.74 Å². The Hall–Kier alpha value is -1.92. The van der Waals surface area contributed by atoms with Crippen LogP contribution in [0, 0.1) is 5.82 Å². The van der Waals surface area contributed by atoms with Crippen LogP contribution < -0.4 is 0 Å². The first-order valence-corrected chi connectivity index (χ1v) is 5.81. The monoisotopic (exact) mass is 292 g/mol. The van der Waals surface area contributed by atoms with Gasteiger partial charge in [0.15, 0.2) is 5.78 Å². The lowest BCUT2D eigenvalue weighted by Crippen LogP contribution is -2.15. The largest absolute Gasteiger partial charge is 0.466 e. The lowest BCUT2D eigenvalue weighted by molar-refractivity contribution is -0.143. The van der Waals surface area contributed by atoms with Crippen LogP contribution in [0.4, 0.5) is 17.6 Å². The van der Waals surface area contributed by atoms with Gasteiger partial charge in [0.25, 0.3) is 0 Å². The number of hydrogen-bond donors (Lipinski definition) is 0. The molecule has 0 atom stereocenters. The van der Waals surface area contributed by atoms with E-state index in [0.29, 0.717) is 0 Å². The van der Waals surface area contributed by atoms with E-state index in [9.17, 15) is 27.2 Å². The summed E-state index contributed by atoms with van der Waals surface area (Å²) in [5.41, 5.74) is -1.99. The fraction of sp³-hybridized carbons (Fsp3) is 0.385. The predicted molar refractivity (Wildman–Crippen MR) is 61.6 cm³/mol. The van der Waals surface area contributed by atoms with Crippen molar-refractivity contribution >= 4 is 11.8 Å². The highest BCUT2D eigenvalue weighted by Gasteiger charge is 2.35. The highest BCUT2D eigenvalue weighted by molar-refractivity contribution is 5.99. The Morgan fingerprint density at radius 3 is 2.40 bits per heavy atom. The molecule has 0 N–H and O–H groups in total. The average Bonchev–Trinajstić information content (AvgIpc) is 2.35. The molecule has 0 heterocycles. The number of benzene rings is 1. The Morgan fingerprint density at radius 1 is 1.20 bits per heavy atom. The molecule has 0 amide bonds. The Balaban J connectivity index is 2.91. The van der Waals surface area contributed by atoms with Crippen molar-refractivity contribution < 1.29 is 31.9 Å². The smallest absolute Gasteiger partial charge is 0.417 e. The first-order valence-electron chi connectivity index (χ1n) is 5.81. The van der Waals surface area contributed by atoms with Crippen molar-refractivity contribution in [3.63, 3.8) is 0 Å². The number of alkyl halides is 3. The zero-order valence-corrected chi connectivity index (χ0v) is 10.6. The minimum atomic E-state index is -4.84. The van der Waals surface area contributed by atoms with Crippen molar-refractivity contribution in [1.82, 2.24) is 0 Å². The summed E-state index contributed by atoms with van der Waals surface area (Å²) in [5, 5.41) is 0. The molecule has 0 aliphatic rings. The summed E-state index contributed by atoms with van der Waals surface area (Å²) in [5.74, 6) is -2.64. The molecule has 0 aliphatic heterocycles. The predicted octanol–water partition coefficient (Wildman–Crippen LogP) is 3.37. The molecule has 20 heavy (non-hydrogen) atoms. The van der Waals surface area contributed by atoms with Gasteiger partial charge in [-0.2, -0.15) is 13.2 Å². The van der Waals surface area contributed by atoms with Crippen LogP contribution in [0.1, 0.15) is 35.7 Å². The zero-order valence-electron chi connectivity index (χ0n) is 10.6. The normalized spacial score (nSPS) is 11.2. The third-order valence-corrected chi connectivity index (χ3v) is 2.45. The third kappa shape index (κ3) is 4.32. The summed E-state index contributed by atoms with van der Waals surface area (Å²) < 4.78 is 55.5. The number of ether oxygens (including phenoxy) is 1. The minimum Gasteiger partial charge on any atom is -0.466 e. The summed E-state index contributed by atoms with van der Waals surface area (Å²) in [6.45, 7) is 1.69. The molecule has 1 aromatic rings. The van der Waals surface area contributed by atoms with E-state index in [1.165, 1.54) is 0 Å². The number of Topliss-reactive ketones (excluding diaryl/α,β-unsaturated/α-hetero) is 1. The van der Waals surface area contributed by atoms with Gasteiger partial charge in [0.2, 0.25) is 0 Å². The number of carbonyl (C=O) groups excluding carboxylic acids is 2. The van der Waals surface area contributed by atoms with Crippen LogP contribution in [0.2, 0.25) is 0 Å². The summed E-state index contributed by atoms with van der Waals surface area (Å²) in [6, 6.07) is 1.80. The molecule has 0 aromatic heterocycles. The second-order valence-corrected chi connectivity index (χ2v) is 3.92. The molecule has 0 unspecified atom stereocenters. The molecular formula is C13H12F4O3. The molecule has 0 spiro atoms. The van der Waals surface area contributed by atoms with Gasteiger partial charge in [-0.1, -0.05) is 0 Å². The van der Waals surface area contributed by atoms with Gasteiger partial charge in [-0.05, 0) is 25.1 Å². The van der Waals surface area contributed by atoms with E-state index in [-0.39, 0.29) is 19.1 Å². The van der Waals surface area contributed by atoms with Crippen molar-refractivity contribution in [2.45, 2.75) is 25.9 Å². The van der Waals surface area contributed by atoms with E-state index in [0.717, 1.165) is 12.1 Å². The van der Waals surface area contributed by atoms with E-state index in [4.69, 9.17) is 0 Å². The molecule has 1 aromatic carbocycles.